The van der Waals surface area contributed by atoms with Crippen molar-refractivity contribution in [2.75, 3.05) is 13.2 Å². The van der Waals surface area contributed by atoms with Crippen LogP contribution in [0.4, 0.5) is 0 Å². The highest BCUT2D eigenvalue weighted by atomic mass is 32.2. The third kappa shape index (κ3) is 6.03. The van der Waals surface area contributed by atoms with E-state index in [1.165, 1.54) is 0 Å². The van der Waals surface area contributed by atoms with Crippen molar-refractivity contribution in [2.24, 2.45) is 0 Å². The predicted molar refractivity (Wildman–Crippen MR) is 28.4 cm³/mol. The Bertz CT molecular complexity index is 73.7. The highest BCUT2D eigenvalue weighted by Gasteiger charge is 1.89. The molecule has 0 radical (unpaired) electrons. The lowest BCUT2D eigenvalue weighted by Crippen LogP contribution is -1.98. The van der Waals surface area contributed by atoms with Gasteiger partial charge in [-0.1, -0.05) is 0 Å². The molecule has 0 aromatic carbocycles. The molecule has 5 heteroatoms. The number of aliphatic hydroxyl groups excluding tert-OH is 1. The van der Waals surface area contributed by atoms with Crippen LogP contribution >= 0.6 is 0 Å². The van der Waals surface area contributed by atoms with Crippen LogP contribution in [0.15, 0.2) is 0 Å². The molecule has 2 N–H and O–H groups in total. The molecule has 0 aliphatic heterocycles. The summed E-state index contributed by atoms with van der Waals surface area (Å²) < 4.78 is 21.8. The monoisotopic (exact) mass is 140 g/mol. The summed E-state index contributed by atoms with van der Waals surface area (Å²) >= 11 is -2.18. The van der Waals surface area contributed by atoms with Crippen LogP contribution in [0.5, 0.6) is 0 Å². The normalized spacial score (nSPS) is 13.8. The molecule has 0 fully saturated rings. The van der Waals surface area contributed by atoms with Crippen molar-refractivity contribution >= 4 is 11.4 Å². The van der Waals surface area contributed by atoms with Crippen LogP contribution in [0, 0.1) is 0 Å². The zero-order valence-corrected chi connectivity index (χ0v) is 5.06. The molecule has 0 aromatic rings. The maximum atomic E-state index is 9.68. The van der Waals surface area contributed by atoms with Crippen molar-refractivity contribution in [3.8, 4) is 0 Å². The first kappa shape index (κ1) is 8.03. The smallest absolute Gasteiger partial charge is 0.301 e. The van der Waals surface area contributed by atoms with Gasteiger partial charge in [0.25, 0.3) is 0 Å². The minimum absolute atomic E-state index is 0.0167. The molecule has 0 saturated carbocycles. The van der Waals surface area contributed by atoms with Gasteiger partial charge >= 0.3 is 11.4 Å². The molecule has 0 rings (SSSR count). The first-order valence-corrected chi connectivity index (χ1v) is 3.15. The van der Waals surface area contributed by atoms with Gasteiger partial charge in [0, 0.05) is 6.61 Å². The third-order valence-corrected chi connectivity index (χ3v) is 0.855. The van der Waals surface area contributed by atoms with Crippen LogP contribution in [-0.4, -0.2) is 27.1 Å². The molecule has 0 spiro atoms. The minimum Gasteiger partial charge on any atom is -0.396 e. The SMILES string of the molecule is O=S(O)OCCCO. The van der Waals surface area contributed by atoms with Gasteiger partial charge in [-0.15, -0.1) is 0 Å². The molecule has 50 valence electrons. The largest absolute Gasteiger partial charge is 0.396 e. The Morgan fingerprint density at radius 3 is 2.62 bits per heavy atom. The van der Waals surface area contributed by atoms with E-state index in [1.54, 1.807) is 0 Å². The molecule has 0 aliphatic carbocycles. The number of rotatable bonds is 4. The Morgan fingerprint density at radius 1 is 1.62 bits per heavy atom. The van der Waals surface area contributed by atoms with E-state index in [4.69, 9.17) is 9.66 Å². The molecular formula is C3H8O4S. The predicted octanol–water partition coefficient (Wildman–Crippen LogP) is -0.478. The van der Waals surface area contributed by atoms with Crippen LogP contribution in [0.25, 0.3) is 0 Å². The summed E-state index contributed by atoms with van der Waals surface area (Å²) in [6.07, 6.45) is 0.395. The van der Waals surface area contributed by atoms with Crippen molar-refractivity contribution in [3.05, 3.63) is 0 Å². The lowest BCUT2D eigenvalue weighted by atomic mass is 10.5. The summed E-state index contributed by atoms with van der Waals surface area (Å²) in [5, 5.41) is 8.12. The first-order valence-electron chi connectivity index (χ1n) is 2.12. The average molecular weight is 140 g/mol. The Hall–Kier alpha value is 0.0300. The Morgan fingerprint density at radius 2 is 2.25 bits per heavy atom. The summed E-state index contributed by atoms with van der Waals surface area (Å²) in [6.45, 7) is 0.108. The molecule has 0 heterocycles. The quantitative estimate of drug-likeness (QED) is 0.409. The molecule has 0 bridgehead atoms. The zero-order valence-electron chi connectivity index (χ0n) is 4.24. The number of hydrogen-bond acceptors (Lipinski definition) is 3. The molecule has 4 nitrogen and oxygen atoms in total. The number of aliphatic hydroxyl groups is 1. The summed E-state index contributed by atoms with van der Waals surface area (Å²) in [5.41, 5.74) is 0. The summed E-state index contributed by atoms with van der Waals surface area (Å²) in [4.78, 5) is 0. The molecule has 0 saturated heterocycles. The lowest BCUT2D eigenvalue weighted by Gasteiger charge is -1.92. The van der Waals surface area contributed by atoms with Crippen LogP contribution in [-0.2, 0) is 15.5 Å². The van der Waals surface area contributed by atoms with Gasteiger partial charge in [-0.25, -0.2) is 0 Å². The first-order chi connectivity index (χ1) is 3.77. The fourth-order valence-electron chi connectivity index (χ4n) is 0.195. The minimum atomic E-state index is -2.18. The molecule has 0 aromatic heterocycles. The van der Waals surface area contributed by atoms with E-state index >= 15 is 0 Å². The van der Waals surface area contributed by atoms with Gasteiger partial charge in [0.2, 0.25) is 0 Å². The topological polar surface area (TPSA) is 66.8 Å². The Balaban J connectivity index is 2.82. The van der Waals surface area contributed by atoms with E-state index in [2.05, 4.69) is 4.18 Å². The second-order valence-corrected chi connectivity index (χ2v) is 1.79. The van der Waals surface area contributed by atoms with Crippen molar-refractivity contribution < 1.29 is 18.1 Å². The van der Waals surface area contributed by atoms with E-state index in [1.807, 2.05) is 0 Å². The Kier molecular flexibility index (Phi) is 5.19. The van der Waals surface area contributed by atoms with Crippen molar-refractivity contribution in [3.63, 3.8) is 0 Å². The molecule has 8 heavy (non-hydrogen) atoms. The third-order valence-electron chi connectivity index (χ3n) is 0.487. The maximum Gasteiger partial charge on any atom is 0.301 e. The van der Waals surface area contributed by atoms with Gasteiger partial charge in [-0.05, 0) is 6.42 Å². The molecule has 1 unspecified atom stereocenters. The fourth-order valence-corrected chi connectivity index (χ4v) is 0.455. The van der Waals surface area contributed by atoms with E-state index in [-0.39, 0.29) is 13.2 Å². The van der Waals surface area contributed by atoms with Gasteiger partial charge in [-0.3, -0.25) is 8.74 Å². The van der Waals surface area contributed by atoms with E-state index < -0.39 is 11.4 Å². The highest BCUT2D eigenvalue weighted by Crippen LogP contribution is 1.81. The van der Waals surface area contributed by atoms with Gasteiger partial charge in [0.05, 0.1) is 6.61 Å². The van der Waals surface area contributed by atoms with Gasteiger partial charge in [0.1, 0.15) is 0 Å². The van der Waals surface area contributed by atoms with Crippen molar-refractivity contribution in [2.45, 2.75) is 6.42 Å². The van der Waals surface area contributed by atoms with Gasteiger partial charge < -0.3 is 5.11 Å². The standard InChI is InChI=1S/C3H8O4S/c4-2-1-3-7-8(5)6/h4H,1-3H2,(H,5,6). The van der Waals surface area contributed by atoms with E-state index in [0.29, 0.717) is 6.42 Å². The molecule has 1 atom stereocenters. The average Bonchev–Trinajstić information content (AvgIpc) is 1.66. The Labute approximate surface area is 50.0 Å². The fraction of sp³-hybridized carbons (Fsp3) is 1.00. The van der Waals surface area contributed by atoms with Crippen molar-refractivity contribution in [1.29, 1.82) is 0 Å². The highest BCUT2D eigenvalue weighted by molar-refractivity contribution is 7.74. The van der Waals surface area contributed by atoms with Crippen molar-refractivity contribution in [1.82, 2.24) is 0 Å². The lowest BCUT2D eigenvalue weighted by molar-refractivity contribution is 0.233. The molecular weight excluding hydrogens is 132 g/mol. The second kappa shape index (κ2) is 5.17. The van der Waals surface area contributed by atoms with Gasteiger partial charge in [-0.2, -0.15) is 4.21 Å². The summed E-state index contributed by atoms with van der Waals surface area (Å²) in [6, 6.07) is 0. The summed E-state index contributed by atoms with van der Waals surface area (Å²) in [7, 11) is 0. The van der Waals surface area contributed by atoms with Crippen LogP contribution in [0.1, 0.15) is 6.42 Å². The van der Waals surface area contributed by atoms with Crippen LogP contribution in [0.3, 0.4) is 0 Å². The zero-order chi connectivity index (χ0) is 6.41. The van der Waals surface area contributed by atoms with Crippen LogP contribution in [0.2, 0.25) is 0 Å². The molecule has 0 amide bonds. The van der Waals surface area contributed by atoms with Gasteiger partial charge in [0.15, 0.2) is 0 Å². The molecule has 0 aliphatic rings. The van der Waals surface area contributed by atoms with E-state index in [9.17, 15) is 4.21 Å². The second-order valence-electron chi connectivity index (χ2n) is 1.12. The number of hydrogen-bond donors (Lipinski definition) is 2. The summed E-state index contributed by atoms with van der Waals surface area (Å²) in [5.74, 6) is 0. The van der Waals surface area contributed by atoms with Crippen LogP contribution < -0.4 is 0 Å². The maximum absolute atomic E-state index is 9.68. The van der Waals surface area contributed by atoms with E-state index in [0.717, 1.165) is 0 Å².